The van der Waals surface area contributed by atoms with Crippen LogP contribution in [0.2, 0.25) is 0 Å². The molecule has 0 atom stereocenters. The minimum Gasteiger partial charge on any atom is -0.480 e. The topological polar surface area (TPSA) is 55.1 Å². The molecule has 90 valence electrons. The van der Waals surface area contributed by atoms with Crippen LogP contribution in [0.3, 0.4) is 0 Å². The quantitative estimate of drug-likeness (QED) is 0.874. The van der Waals surface area contributed by atoms with Gasteiger partial charge in [-0.1, -0.05) is 0 Å². The maximum absolute atomic E-state index is 13.1. The van der Waals surface area contributed by atoms with Crippen molar-refractivity contribution in [3.05, 3.63) is 30.1 Å². The van der Waals surface area contributed by atoms with Crippen molar-refractivity contribution in [1.29, 1.82) is 0 Å². The Bertz CT molecular complexity index is 605. The molecule has 1 aromatic carbocycles. The maximum atomic E-state index is 13.1. The molecule has 0 aliphatic carbocycles. The van der Waals surface area contributed by atoms with Crippen LogP contribution in [-0.2, 0) is 10.3 Å². The van der Waals surface area contributed by atoms with Crippen LogP contribution in [0.15, 0.2) is 18.5 Å². The number of aromatic nitrogens is 2. The van der Waals surface area contributed by atoms with Gasteiger partial charge in [0.15, 0.2) is 11.6 Å². The lowest BCUT2D eigenvalue weighted by Crippen LogP contribution is -2.35. The molecule has 1 N–H and O–H groups in total. The lowest BCUT2D eigenvalue weighted by atomic mass is 10.1. The molecule has 0 amide bonds. The highest BCUT2D eigenvalue weighted by Crippen LogP contribution is 2.24. The number of carboxylic acid groups (broad SMARTS) is 1. The summed E-state index contributed by atoms with van der Waals surface area (Å²) in [5, 5.41) is 9.08. The number of aliphatic carboxylic acids is 1. The highest BCUT2D eigenvalue weighted by atomic mass is 19.2. The second kappa shape index (κ2) is 3.51. The highest BCUT2D eigenvalue weighted by Gasteiger charge is 2.30. The largest absolute Gasteiger partial charge is 0.480 e. The Hall–Kier alpha value is -1.98. The first-order valence-corrected chi connectivity index (χ1v) is 4.90. The molecule has 17 heavy (non-hydrogen) atoms. The zero-order valence-corrected chi connectivity index (χ0v) is 9.24. The summed E-state index contributed by atoms with van der Waals surface area (Å²) in [6, 6.07) is 1.89. The van der Waals surface area contributed by atoms with Gasteiger partial charge in [-0.2, -0.15) is 0 Å². The predicted molar refractivity (Wildman–Crippen MR) is 56.6 cm³/mol. The summed E-state index contributed by atoms with van der Waals surface area (Å²) < 4.78 is 27.4. The number of halogens is 2. The number of hydrogen-bond donors (Lipinski definition) is 1. The molecule has 0 radical (unpaired) electrons. The zero-order chi connectivity index (χ0) is 12.8. The number of nitrogens with zero attached hydrogens (tertiary/aromatic N) is 2. The van der Waals surface area contributed by atoms with Crippen LogP contribution < -0.4 is 0 Å². The van der Waals surface area contributed by atoms with Gasteiger partial charge in [-0.25, -0.2) is 18.6 Å². The summed E-state index contributed by atoms with van der Waals surface area (Å²) in [7, 11) is 0. The molecule has 1 aromatic heterocycles. The summed E-state index contributed by atoms with van der Waals surface area (Å²) in [5.41, 5.74) is -0.812. The Balaban J connectivity index is 2.73. The third-order valence-electron chi connectivity index (χ3n) is 2.71. The van der Waals surface area contributed by atoms with Crippen molar-refractivity contribution in [3.8, 4) is 0 Å². The van der Waals surface area contributed by atoms with E-state index in [1.165, 1.54) is 24.7 Å². The second-order valence-electron chi connectivity index (χ2n) is 4.23. The summed E-state index contributed by atoms with van der Waals surface area (Å²) in [6.45, 7) is 2.91. The van der Waals surface area contributed by atoms with Gasteiger partial charge in [0.25, 0.3) is 0 Å². The smallest absolute Gasteiger partial charge is 0.329 e. The molecule has 0 saturated carbocycles. The molecule has 0 spiro atoms. The fourth-order valence-electron chi connectivity index (χ4n) is 1.55. The lowest BCUT2D eigenvalue weighted by Gasteiger charge is -2.21. The van der Waals surface area contributed by atoms with Gasteiger partial charge in [-0.15, -0.1) is 0 Å². The molecule has 0 saturated heterocycles. The summed E-state index contributed by atoms with van der Waals surface area (Å²) >= 11 is 0. The molecule has 0 aliphatic heterocycles. The maximum Gasteiger partial charge on any atom is 0.329 e. The Morgan fingerprint density at radius 3 is 2.53 bits per heavy atom. The molecular weight excluding hydrogens is 230 g/mol. The van der Waals surface area contributed by atoms with Gasteiger partial charge in [0, 0.05) is 12.1 Å². The highest BCUT2D eigenvalue weighted by molar-refractivity contribution is 5.81. The molecule has 0 fully saturated rings. The Labute approximate surface area is 95.5 Å². The van der Waals surface area contributed by atoms with Crippen molar-refractivity contribution in [3.63, 3.8) is 0 Å². The number of benzene rings is 1. The molecule has 0 aliphatic rings. The summed E-state index contributed by atoms with van der Waals surface area (Å²) in [4.78, 5) is 15.0. The molecule has 2 aromatic rings. The zero-order valence-electron chi connectivity index (χ0n) is 9.24. The standard InChI is InChI=1S/C11H10F2N2O2/c1-11(2,10(16)17)15-5-14-8-3-6(12)7(13)4-9(8)15/h3-5H,1-2H3,(H,16,17). The molecule has 6 heteroatoms. The fourth-order valence-corrected chi connectivity index (χ4v) is 1.55. The van der Waals surface area contributed by atoms with E-state index in [9.17, 15) is 13.6 Å². The van der Waals surface area contributed by atoms with Crippen molar-refractivity contribution >= 4 is 17.0 Å². The number of hydrogen-bond acceptors (Lipinski definition) is 2. The Morgan fingerprint density at radius 1 is 1.35 bits per heavy atom. The van der Waals surface area contributed by atoms with E-state index < -0.39 is 23.1 Å². The van der Waals surface area contributed by atoms with Crippen LogP contribution in [-0.4, -0.2) is 20.6 Å². The van der Waals surface area contributed by atoms with Gasteiger partial charge < -0.3 is 9.67 Å². The van der Waals surface area contributed by atoms with E-state index in [0.717, 1.165) is 12.1 Å². The SMILES string of the molecule is CC(C)(C(=O)O)n1cnc2cc(F)c(F)cc21. The van der Waals surface area contributed by atoms with Gasteiger partial charge >= 0.3 is 5.97 Å². The molecule has 2 rings (SSSR count). The third kappa shape index (κ3) is 1.65. The minimum absolute atomic E-state index is 0.221. The predicted octanol–water partition coefficient (Wildman–Crippen LogP) is 2.13. The number of carboxylic acids is 1. The van der Waals surface area contributed by atoms with Gasteiger partial charge in [0.1, 0.15) is 5.54 Å². The van der Waals surface area contributed by atoms with Crippen molar-refractivity contribution in [1.82, 2.24) is 9.55 Å². The van der Waals surface area contributed by atoms with Crippen LogP contribution in [0, 0.1) is 11.6 Å². The van der Waals surface area contributed by atoms with Crippen LogP contribution in [0.5, 0.6) is 0 Å². The Morgan fingerprint density at radius 2 is 1.94 bits per heavy atom. The number of carbonyl (C=O) groups is 1. The number of fused-ring (bicyclic) bond motifs is 1. The monoisotopic (exact) mass is 240 g/mol. The van der Waals surface area contributed by atoms with Crippen molar-refractivity contribution in [2.24, 2.45) is 0 Å². The fraction of sp³-hybridized carbons (Fsp3) is 0.273. The van der Waals surface area contributed by atoms with Crippen molar-refractivity contribution in [2.45, 2.75) is 19.4 Å². The Kier molecular flexibility index (Phi) is 2.38. The van der Waals surface area contributed by atoms with Crippen molar-refractivity contribution in [2.75, 3.05) is 0 Å². The first-order valence-electron chi connectivity index (χ1n) is 4.90. The third-order valence-corrected chi connectivity index (χ3v) is 2.71. The number of rotatable bonds is 2. The van der Waals surface area contributed by atoms with Gasteiger partial charge in [-0.05, 0) is 13.8 Å². The molecule has 0 bridgehead atoms. The van der Waals surface area contributed by atoms with E-state index in [0.29, 0.717) is 0 Å². The lowest BCUT2D eigenvalue weighted by molar-refractivity contribution is -0.145. The second-order valence-corrected chi connectivity index (χ2v) is 4.23. The molecular formula is C11H10F2N2O2. The van der Waals surface area contributed by atoms with Crippen molar-refractivity contribution < 1.29 is 18.7 Å². The first-order chi connectivity index (χ1) is 7.84. The van der Waals surface area contributed by atoms with Gasteiger partial charge in [0.05, 0.1) is 17.4 Å². The van der Waals surface area contributed by atoms with Gasteiger partial charge in [0.2, 0.25) is 0 Å². The molecule has 0 unspecified atom stereocenters. The van der Waals surface area contributed by atoms with Crippen LogP contribution in [0.25, 0.3) is 11.0 Å². The van der Waals surface area contributed by atoms with E-state index in [4.69, 9.17) is 5.11 Å². The molecule has 1 heterocycles. The first kappa shape index (κ1) is 11.5. The normalized spacial score (nSPS) is 12.0. The van der Waals surface area contributed by atoms with Crippen LogP contribution >= 0.6 is 0 Å². The number of imidazole rings is 1. The van der Waals surface area contributed by atoms with E-state index in [2.05, 4.69) is 4.98 Å². The van der Waals surface area contributed by atoms with E-state index in [1.54, 1.807) is 0 Å². The summed E-state index contributed by atoms with van der Waals surface area (Å²) in [5.74, 6) is -3.11. The van der Waals surface area contributed by atoms with Crippen LogP contribution in [0.4, 0.5) is 8.78 Å². The van der Waals surface area contributed by atoms with E-state index >= 15 is 0 Å². The minimum atomic E-state index is -1.28. The average molecular weight is 240 g/mol. The van der Waals surface area contributed by atoms with E-state index in [-0.39, 0.29) is 11.0 Å². The van der Waals surface area contributed by atoms with Gasteiger partial charge in [-0.3, -0.25) is 0 Å². The van der Waals surface area contributed by atoms with E-state index in [1.807, 2.05) is 0 Å². The van der Waals surface area contributed by atoms with Crippen LogP contribution in [0.1, 0.15) is 13.8 Å². The average Bonchev–Trinajstić information content (AvgIpc) is 2.62. The summed E-state index contributed by atoms with van der Waals surface area (Å²) in [6.07, 6.45) is 1.26. The molecule has 4 nitrogen and oxygen atoms in total.